The zero-order valence-corrected chi connectivity index (χ0v) is 22.7. The van der Waals surface area contributed by atoms with Crippen LogP contribution in [-0.4, -0.2) is 54.9 Å². The van der Waals surface area contributed by atoms with Crippen LogP contribution in [-0.2, 0) is 28.5 Å². The molecule has 0 aromatic carbocycles. The average molecular weight is 521 g/mol. The fourth-order valence-corrected chi connectivity index (χ4v) is 5.62. The number of hydrogen-bond donors (Lipinski definition) is 1. The van der Waals surface area contributed by atoms with Gasteiger partial charge in [-0.3, -0.25) is 4.79 Å². The van der Waals surface area contributed by atoms with Crippen LogP contribution in [0.5, 0.6) is 0 Å². The predicted molar refractivity (Wildman–Crippen MR) is 142 cm³/mol. The van der Waals surface area contributed by atoms with E-state index in [2.05, 4.69) is 19.1 Å². The molecule has 1 aliphatic carbocycles. The fourth-order valence-electron chi connectivity index (χ4n) is 5.62. The van der Waals surface area contributed by atoms with E-state index in [1.807, 2.05) is 0 Å². The van der Waals surface area contributed by atoms with Gasteiger partial charge in [-0.25, -0.2) is 4.79 Å². The maximum absolute atomic E-state index is 13.2. The van der Waals surface area contributed by atoms with Gasteiger partial charge in [0.05, 0.1) is 12.2 Å². The molecule has 7 nitrogen and oxygen atoms in total. The first kappa shape index (κ1) is 30.0. The van der Waals surface area contributed by atoms with E-state index in [0.29, 0.717) is 6.42 Å². The Balaban J connectivity index is 1.64. The van der Waals surface area contributed by atoms with Gasteiger partial charge >= 0.3 is 5.97 Å². The minimum atomic E-state index is -0.915. The summed E-state index contributed by atoms with van der Waals surface area (Å²) >= 11 is 0. The Labute approximate surface area is 222 Å². The molecule has 0 amide bonds. The number of hydrogen-bond acceptors (Lipinski definition) is 6. The minimum absolute atomic E-state index is 0.0501. The predicted octanol–water partition coefficient (Wildman–Crippen LogP) is 6.35. The summed E-state index contributed by atoms with van der Waals surface area (Å²) < 4.78 is 24.4. The second-order valence-electron chi connectivity index (χ2n) is 10.7. The van der Waals surface area contributed by atoms with Crippen LogP contribution < -0.4 is 0 Å². The van der Waals surface area contributed by atoms with Gasteiger partial charge in [-0.05, 0) is 70.1 Å². The summed E-state index contributed by atoms with van der Waals surface area (Å²) in [6.45, 7) is 3.67. The molecular weight excluding hydrogens is 472 g/mol. The van der Waals surface area contributed by atoms with Gasteiger partial charge in [0.1, 0.15) is 5.78 Å². The molecule has 3 fully saturated rings. The molecule has 0 aromatic rings. The third-order valence-corrected chi connectivity index (χ3v) is 7.69. The number of Topliss-reactive ketones (excluding diaryl/α,β-unsaturated/α-hetero) is 1. The largest absolute Gasteiger partial charge is 0.478 e. The summed E-state index contributed by atoms with van der Waals surface area (Å²) in [7, 11) is 0. The Bertz CT molecular complexity index is 721. The van der Waals surface area contributed by atoms with Crippen LogP contribution in [0.3, 0.4) is 0 Å². The van der Waals surface area contributed by atoms with Gasteiger partial charge in [0.2, 0.25) is 0 Å². The number of allylic oxidation sites excluding steroid dienone is 2. The molecule has 3 rings (SSSR count). The smallest absolute Gasteiger partial charge is 0.327 e. The molecule has 2 aliphatic heterocycles. The second-order valence-corrected chi connectivity index (χ2v) is 10.7. The lowest BCUT2D eigenvalue weighted by Gasteiger charge is -2.30. The van der Waals surface area contributed by atoms with Gasteiger partial charge in [-0.1, -0.05) is 50.8 Å². The van der Waals surface area contributed by atoms with Crippen molar-refractivity contribution in [3.05, 3.63) is 24.3 Å². The normalized spacial score (nSPS) is 29.9. The number of unbranched alkanes of at least 4 members (excludes halogenated alkanes) is 4. The van der Waals surface area contributed by atoms with E-state index in [0.717, 1.165) is 103 Å². The minimum Gasteiger partial charge on any atom is -0.478 e. The number of ketones is 1. The lowest BCUT2D eigenvalue weighted by Crippen LogP contribution is -2.31. The maximum Gasteiger partial charge on any atom is 0.327 e. The lowest BCUT2D eigenvalue weighted by atomic mass is 9.88. The Morgan fingerprint density at radius 2 is 1.81 bits per heavy atom. The molecule has 0 spiro atoms. The molecule has 3 aliphatic rings. The molecule has 2 unspecified atom stereocenters. The monoisotopic (exact) mass is 520 g/mol. The van der Waals surface area contributed by atoms with Crippen molar-refractivity contribution in [2.75, 3.05) is 13.2 Å². The standard InChI is InChI=1S/C30H48O7/c1-2-3-6-13-23(36-29-16-9-11-20-34-29)18-19-24-25(14-7-4-5-8-15-28(32)33)27(22-26(24)31)37-30-17-10-12-21-35-30/h8,15,18-19,23-25,27,29-30H,2-7,9-14,16-17,20-22H2,1H3,(H,32,33)/t23-,24+,25+,27-,29?,30?/m0/s1. The van der Waals surface area contributed by atoms with Crippen LogP contribution in [0, 0.1) is 11.8 Å². The van der Waals surface area contributed by atoms with Crippen LogP contribution in [0.25, 0.3) is 0 Å². The van der Waals surface area contributed by atoms with Crippen molar-refractivity contribution in [2.24, 2.45) is 11.8 Å². The number of carbonyl (C=O) groups excluding carboxylic acids is 1. The number of carbonyl (C=O) groups is 2. The van der Waals surface area contributed by atoms with Crippen LogP contribution in [0.2, 0.25) is 0 Å². The van der Waals surface area contributed by atoms with Crippen molar-refractivity contribution >= 4 is 11.8 Å². The van der Waals surface area contributed by atoms with Crippen molar-refractivity contribution in [1.29, 1.82) is 0 Å². The fraction of sp³-hybridized carbons (Fsp3) is 0.800. The summed E-state index contributed by atoms with van der Waals surface area (Å²) in [6.07, 6.45) is 20.9. The molecule has 7 heteroatoms. The maximum atomic E-state index is 13.2. The van der Waals surface area contributed by atoms with E-state index in [9.17, 15) is 9.59 Å². The molecule has 0 radical (unpaired) electrons. The van der Waals surface area contributed by atoms with Crippen molar-refractivity contribution in [2.45, 2.75) is 128 Å². The van der Waals surface area contributed by atoms with E-state index in [4.69, 9.17) is 24.1 Å². The summed E-state index contributed by atoms with van der Waals surface area (Å²) in [5, 5.41) is 8.79. The first-order valence-electron chi connectivity index (χ1n) is 14.7. The van der Waals surface area contributed by atoms with Crippen LogP contribution >= 0.6 is 0 Å². The zero-order chi connectivity index (χ0) is 26.3. The molecule has 2 saturated heterocycles. The number of carboxylic acid groups (broad SMARTS) is 1. The lowest BCUT2D eigenvalue weighted by molar-refractivity contribution is -0.195. The highest BCUT2D eigenvalue weighted by molar-refractivity contribution is 5.86. The highest BCUT2D eigenvalue weighted by Crippen LogP contribution is 2.38. The molecule has 37 heavy (non-hydrogen) atoms. The number of carboxylic acids is 1. The highest BCUT2D eigenvalue weighted by Gasteiger charge is 2.42. The molecule has 1 N–H and O–H groups in total. The van der Waals surface area contributed by atoms with Gasteiger partial charge in [0, 0.05) is 31.6 Å². The molecular formula is C30H48O7. The van der Waals surface area contributed by atoms with Crippen molar-refractivity contribution in [3.63, 3.8) is 0 Å². The first-order chi connectivity index (χ1) is 18.1. The molecule has 210 valence electrons. The Morgan fingerprint density at radius 3 is 2.49 bits per heavy atom. The Morgan fingerprint density at radius 1 is 1.05 bits per heavy atom. The van der Waals surface area contributed by atoms with Gasteiger partial charge in [0.15, 0.2) is 12.6 Å². The van der Waals surface area contributed by atoms with Crippen LogP contribution in [0.1, 0.15) is 103 Å². The second kappa shape index (κ2) is 17.1. The molecule has 0 bridgehead atoms. The molecule has 1 saturated carbocycles. The average Bonchev–Trinajstić information content (AvgIpc) is 3.19. The SMILES string of the molecule is CCCCC[C@@H](C=C[C@H]1C(=O)C[C@H](OC2CCCCO2)[C@@H]1CCCCC=CC(=O)O)OC1CCCCO1. The van der Waals surface area contributed by atoms with Crippen molar-refractivity contribution in [3.8, 4) is 0 Å². The number of ether oxygens (including phenoxy) is 4. The van der Waals surface area contributed by atoms with E-state index in [-0.39, 0.29) is 42.4 Å². The van der Waals surface area contributed by atoms with E-state index >= 15 is 0 Å². The summed E-state index contributed by atoms with van der Waals surface area (Å²) in [4.78, 5) is 23.9. The highest BCUT2D eigenvalue weighted by atomic mass is 16.7. The van der Waals surface area contributed by atoms with E-state index < -0.39 is 5.97 Å². The number of aliphatic carboxylic acids is 1. The van der Waals surface area contributed by atoms with Gasteiger partial charge in [-0.2, -0.15) is 0 Å². The molecule has 2 heterocycles. The molecule has 6 atom stereocenters. The molecule has 0 aromatic heterocycles. The summed E-state index contributed by atoms with van der Waals surface area (Å²) in [5.74, 6) is -0.774. The zero-order valence-electron chi connectivity index (χ0n) is 22.7. The van der Waals surface area contributed by atoms with Crippen LogP contribution in [0.15, 0.2) is 24.3 Å². The van der Waals surface area contributed by atoms with E-state index in [1.54, 1.807) is 6.08 Å². The summed E-state index contributed by atoms with van der Waals surface area (Å²) in [5.41, 5.74) is 0. The van der Waals surface area contributed by atoms with E-state index in [1.165, 1.54) is 6.08 Å². The summed E-state index contributed by atoms with van der Waals surface area (Å²) in [6, 6.07) is 0. The number of rotatable bonds is 16. The van der Waals surface area contributed by atoms with Gasteiger partial charge in [-0.15, -0.1) is 0 Å². The van der Waals surface area contributed by atoms with Gasteiger partial charge < -0.3 is 24.1 Å². The van der Waals surface area contributed by atoms with Crippen LogP contribution in [0.4, 0.5) is 0 Å². The third-order valence-electron chi connectivity index (χ3n) is 7.69. The third kappa shape index (κ3) is 11.0. The van der Waals surface area contributed by atoms with Crippen molar-refractivity contribution in [1.82, 2.24) is 0 Å². The van der Waals surface area contributed by atoms with Gasteiger partial charge in [0.25, 0.3) is 0 Å². The first-order valence-corrected chi connectivity index (χ1v) is 14.7. The quantitative estimate of drug-likeness (QED) is 0.144. The Hall–Kier alpha value is -1.54. The Kier molecular flexibility index (Phi) is 13.9. The topological polar surface area (TPSA) is 91.3 Å². The van der Waals surface area contributed by atoms with Crippen molar-refractivity contribution < 1.29 is 33.6 Å².